The Hall–Kier alpha value is -0.750. The molecule has 1 fully saturated rings. The average Bonchev–Trinajstić information content (AvgIpc) is 2.54. The van der Waals surface area contributed by atoms with E-state index in [9.17, 15) is 13.4 Å². The highest BCUT2D eigenvalue weighted by molar-refractivity contribution is 9.10. The molecule has 1 N–H and O–H groups in total. The molecule has 128 valence electrons. The van der Waals surface area contributed by atoms with E-state index in [0.29, 0.717) is 22.2 Å². The number of aryl methyl sites for hydroxylation is 1. The van der Waals surface area contributed by atoms with Crippen molar-refractivity contribution in [3.63, 3.8) is 0 Å². The van der Waals surface area contributed by atoms with Gasteiger partial charge in [-0.2, -0.15) is 0 Å². The smallest absolute Gasteiger partial charge is 0.220 e. The number of nitrogens with one attached hydrogen (secondary N) is 1. The molecule has 0 radical (unpaired) electrons. The lowest BCUT2D eigenvalue weighted by atomic mass is 9.94. The minimum absolute atomic E-state index is 0.00759. The fraction of sp³-hybridized carbons (Fsp3) is 0.588. The van der Waals surface area contributed by atoms with Crippen LogP contribution in [0.3, 0.4) is 0 Å². The van der Waals surface area contributed by atoms with Gasteiger partial charge >= 0.3 is 0 Å². The highest BCUT2D eigenvalue weighted by Crippen LogP contribution is 2.23. The van der Waals surface area contributed by atoms with Crippen molar-refractivity contribution < 1.29 is 13.4 Å². The van der Waals surface area contributed by atoms with Crippen molar-refractivity contribution in [3.05, 3.63) is 34.1 Å². The molecule has 3 nitrogen and oxygen atoms in total. The molecule has 1 aromatic rings. The van der Waals surface area contributed by atoms with Crippen LogP contribution in [-0.2, 0) is 22.0 Å². The Balaban J connectivity index is 1.89. The monoisotopic (exact) mass is 403 g/mol. The number of benzene rings is 1. The van der Waals surface area contributed by atoms with Gasteiger partial charge in [0.05, 0.1) is 5.25 Å². The zero-order chi connectivity index (χ0) is 16.8. The summed E-state index contributed by atoms with van der Waals surface area (Å²) in [6, 6.07) is 4.88. The minimum Gasteiger partial charge on any atom is -0.352 e. The molecule has 0 aromatic heterocycles. The fourth-order valence-corrected chi connectivity index (χ4v) is 4.80. The molecule has 1 aliphatic carbocycles. The number of rotatable bonds is 6. The van der Waals surface area contributed by atoms with Gasteiger partial charge in [0.15, 0.2) is 0 Å². The molecular weight excluding hydrogens is 381 g/mol. The van der Waals surface area contributed by atoms with E-state index in [2.05, 4.69) is 21.2 Å². The van der Waals surface area contributed by atoms with Crippen LogP contribution in [0.2, 0.25) is 0 Å². The van der Waals surface area contributed by atoms with Crippen LogP contribution in [-0.4, -0.2) is 27.2 Å². The van der Waals surface area contributed by atoms with Crippen LogP contribution in [0.4, 0.5) is 4.39 Å². The topological polar surface area (TPSA) is 46.2 Å². The summed E-state index contributed by atoms with van der Waals surface area (Å²) in [6.45, 7) is 1.92. The summed E-state index contributed by atoms with van der Waals surface area (Å²) in [7, 11) is -0.886. The highest BCUT2D eigenvalue weighted by Gasteiger charge is 2.30. The normalized spacial score (nSPS) is 22.6. The lowest BCUT2D eigenvalue weighted by Crippen LogP contribution is -2.47. The van der Waals surface area contributed by atoms with Gasteiger partial charge in [0, 0.05) is 33.5 Å². The van der Waals surface area contributed by atoms with Crippen molar-refractivity contribution in [1.29, 1.82) is 0 Å². The average molecular weight is 404 g/mol. The van der Waals surface area contributed by atoms with Crippen molar-refractivity contribution in [3.8, 4) is 0 Å². The fourth-order valence-electron chi connectivity index (χ4n) is 3.04. The van der Waals surface area contributed by atoms with E-state index in [4.69, 9.17) is 0 Å². The summed E-state index contributed by atoms with van der Waals surface area (Å²) in [4.78, 5) is 12.2. The second-order valence-corrected chi connectivity index (χ2v) is 8.76. The van der Waals surface area contributed by atoms with Crippen molar-refractivity contribution in [2.24, 2.45) is 0 Å². The number of carbonyl (C=O) groups excluding carboxylic acids is 1. The molecule has 0 heterocycles. The van der Waals surface area contributed by atoms with Crippen LogP contribution in [0.1, 0.15) is 44.6 Å². The summed E-state index contributed by atoms with van der Waals surface area (Å²) in [5.74, 6) is 0.244. The first kappa shape index (κ1) is 18.6. The molecule has 3 unspecified atom stereocenters. The Bertz CT molecular complexity index is 582. The van der Waals surface area contributed by atoms with Crippen LogP contribution in [0, 0.1) is 5.82 Å². The van der Waals surface area contributed by atoms with Crippen LogP contribution >= 0.6 is 15.9 Å². The summed E-state index contributed by atoms with van der Waals surface area (Å²) in [6.07, 6.45) is 4.55. The molecule has 0 spiro atoms. The maximum atomic E-state index is 13.8. The first-order valence-electron chi connectivity index (χ1n) is 8.11. The van der Waals surface area contributed by atoms with Gasteiger partial charge in [0.2, 0.25) is 5.91 Å². The van der Waals surface area contributed by atoms with Crippen LogP contribution in [0.5, 0.6) is 0 Å². The first-order valence-corrected chi connectivity index (χ1v) is 10.3. The van der Waals surface area contributed by atoms with Gasteiger partial charge in [0.25, 0.3) is 0 Å². The standard InChI is InChI=1S/C17H23BrFNO2S/c1-2-23(22)16-6-4-3-5-15(16)20-17(21)10-8-12-7-9-13(18)11-14(12)19/h7,9,11,15-16H,2-6,8,10H2,1H3,(H,20,21). The number of hydrogen-bond acceptors (Lipinski definition) is 2. The molecule has 0 bridgehead atoms. The maximum absolute atomic E-state index is 13.8. The van der Waals surface area contributed by atoms with Gasteiger partial charge in [-0.3, -0.25) is 9.00 Å². The lowest BCUT2D eigenvalue weighted by molar-refractivity contribution is -0.121. The largest absolute Gasteiger partial charge is 0.352 e. The SMILES string of the molecule is CCS(=O)C1CCCCC1NC(=O)CCc1ccc(Br)cc1F. The van der Waals surface area contributed by atoms with E-state index < -0.39 is 10.8 Å². The third-order valence-corrected chi connectivity index (χ3v) is 6.61. The van der Waals surface area contributed by atoms with Crippen LogP contribution in [0.15, 0.2) is 22.7 Å². The Morgan fingerprint density at radius 2 is 2.13 bits per heavy atom. The van der Waals surface area contributed by atoms with E-state index in [1.165, 1.54) is 6.07 Å². The van der Waals surface area contributed by atoms with E-state index >= 15 is 0 Å². The molecule has 1 aromatic carbocycles. The van der Waals surface area contributed by atoms with Gasteiger partial charge in [-0.05, 0) is 37.0 Å². The molecule has 1 saturated carbocycles. The van der Waals surface area contributed by atoms with Crippen molar-refractivity contribution in [2.75, 3.05) is 5.75 Å². The molecular formula is C17H23BrFNO2S. The van der Waals surface area contributed by atoms with Gasteiger partial charge in [-0.25, -0.2) is 4.39 Å². The Morgan fingerprint density at radius 3 is 2.83 bits per heavy atom. The van der Waals surface area contributed by atoms with Gasteiger partial charge in [-0.1, -0.05) is 41.8 Å². The summed E-state index contributed by atoms with van der Waals surface area (Å²) >= 11 is 3.22. The predicted molar refractivity (Wildman–Crippen MR) is 95.3 cm³/mol. The lowest BCUT2D eigenvalue weighted by Gasteiger charge is -2.31. The molecule has 1 amide bonds. The number of halogens is 2. The molecule has 6 heteroatoms. The van der Waals surface area contributed by atoms with Crippen LogP contribution in [0.25, 0.3) is 0 Å². The van der Waals surface area contributed by atoms with Crippen LogP contribution < -0.4 is 5.32 Å². The van der Waals surface area contributed by atoms with Gasteiger partial charge in [0.1, 0.15) is 5.82 Å². The molecule has 1 aliphatic rings. The Labute approximate surface area is 148 Å². The van der Waals surface area contributed by atoms with E-state index in [1.54, 1.807) is 12.1 Å². The van der Waals surface area contributed by atoms with Gasteiger partial charge < -0.3 is 5.32 Å². The second-order valence-electron chi connectivity index (χ2n) is 5.90. The predicted octanol–water partition coefficient (Wildman–Crippen LogP) is 3.72. The molecule has 0 saturated heterocycles. The van der Waals surface area contributed by atoms with Gasteiger partial charge in [-0.15, -0.1) is 0 Å². The molecule has 0 aliphatic heterocycles. The number of carbonyl (C=O) groups is 1. The third-order valence-electron chi connectivity index (χ3n) is 4.31. The second kappa shape index (κ2) is 8.92. The van der Waals surface area contributed by atoms with Crippen molar-refractivity contribution in [1.82, 2.24) is 5.32 Å². The molecule has 2 rings (SSSR count). The summed E-state index contributed by atoms with van der Waals surface area (Å²) in [5.41, 5.74) is 0.542. The maximum Gasteiger partial charge on any atom is 0.220 e. The zero-order valence-corrected chi connectivity index (χ0v) is 15.7. The van der Waals surface area contributed by atoms with E-state index in [1.807, 2.05) is 6.92 Å². The minimum atomic E-state index is -0.886. The van der Waals surface area contributed by atoms with E-state index in [-0.39, 0.29) is 29.4 Å². The summed E-state index contributed by atoms with van der Waals surface area (Å²) < 4.78 is 26.6. The number of hydrogen-bond donors (Lipinski definition) is 1. The highest BCUT2D eigenvalue weighted by atomic mass is 79.9. The van der Waals surface area contributed by atoms with E-state index in [0.717, 1.165) is 25.7 Å². The first-order chi connectivity index (χ1) is 11.0. The summed E-state index contributed by atoms with van der Waals surface area (Å²) in [5, 5.41) is 3.08. The third kappa shape index (κ3) is 5.38. The molecule has 23 heavy (non-hydrogen) atoms. The van der Waals surface area contributed by atoms with Crippen molar-refractivity contribution >= 4 is 32.6 Å². The Kier molecular flexibility index (Phi) is 7.21. The van der Waals surface area contributed by atoms with Crippen molar-refractivity contribution in [2.45, 2.75) is 56.7 Å². The number of amides is 1. The zero-order valence-electron chi connectivity index (χ0n) is 13.3. The molecule has 3 atom stereocenters. The quantitative estimate of drug-likeness (QED) is 0.786. The Morgan fingerprint density at radius 1 is 1.39 bits per heavy atom.